The standard InChI is InChI=1S/C42H32Cl6N8O6/c1-21(57)36(55-53-34-15-25(7-13-30(34)45)39(59)49-27-9-3-23(19-43)4-10-27)41(61)51-29-17-32(47)38(33(48)18-29)52-42(62)37(22(2)58)56-54-35-16-26(8-14-31(35)46)40(60)50-28-11-5-24(20-44)6-12-28/h3-18,36-37H,19-20H2,1-2H3,(H,49,59)(H,50,60)(H,51,61)(H,52,62). The largest absolute Gasteiger partial charge is 0.324 e. The van der Waals surface area contributed by atoms with Gasteiger partial charge in [-0.15, -0.1) is 23.2 Å². The van der Waals surface area contributed by atoms with Crippen molar-refractivity contribution in [1.82, 2.24) is 0 Å². The number of ketones is 2. The van der Waals surface area contributed by atoms with Crippen molar-refractivity contribution in [2.75, 3.05) is 21.3 Å². The number of halogens is 6. The molecule has 0 bridgehead atoms. The van der Waals surface area contributed by atoms with E-state index in [0.29, 0.717) is 23.1 Å². The van der Waals surface area contributed by atoms with Crippen molar-refractivity contribution in [2.24, 2.45) is 20.5 Å². The van der Waals surface area contributed by atoms with Crippen molar-refractivity contribution in [1.29, 1.82) is 0 Å². The number of benzene rings is 5. The lowest BCUT2D eigenvalue weighted by Crippen LogP contribution is -2.32. The molecular weight excluding hydrogens is 925 g/mol. The Labute approximate surface area is 384 Å². The van der Waals surface area contributed by atoms with Gasteiger partial charge in [0.2, 0.25) is 12.1 Å². The molecule has 318 valence electrons. The molecule has 4 amide bonds. The summed E-state index contributed by atoms with van der Waals surface area (Å²) in [5, 5.41) is 26.0. The van der Waals surface area contributed by atoms with Crippen molar-refractivity contribution in [3.05, 3.63) is 139 Å². The molecule has 0 aliphatic carbocycles. The van der Waals surface area contributed by atoms with Gasteiger partial charge in [0.25, 0.3) is 23.6 Å². The monoisotopic (exact) mass is 954 g/mol. The van der Waals surface area contributed by atoms with Gasteiger partial charge < -0.3 is 21.3 Å². The lowest BCUT2D eigenvalue weighted by atomic mass is 10.1. The van der Waals surface area contributed by atoms with E-state index in [0.717, 1.165) is 25.0 Å². The summed E-state index contributed by atoms with van der Waals surface area (Å²) in [6.07, 6.45) is 0. The Bertz CT molecular complexity index is 2590. The molecule has 2 unspecified atom stereocenters. The zero-order chi connectivity index (χ0) is 45.1. The number of rotatable bonds is 16. The Kier molecular flexibility index (Phi) is 16.7. The highest BCUT2D eigenvalue weighted by atomic mass is 35.5. The van der Waals surface area contributed by atoms with Crippen LogP contribution < -0.4 is 21.3 Å². The molecule has 0 radical (unpaired) electrons. The lowest BCUT2D eigenvalue weighted by molar-refractivity contribution is -0.127. The molecule has 62 heavy (non-hydrogen) atoms. The Morgan fingerprint density at radius 3 is 1.24 bits per heavy atom. The van der Waals surface area contributed by atoms with Gasteiger partial charge >= 0.3 is 0 Å². The Morgan fingerprint density at radius 1 is 0.484 bits per heavy atom. The van der Waals surface area contributed by atoms with Gasteiger partial charge in [0.1, 0.15) is 11.4 Å². The SMILES string of the molecule is CC(=O)C(N=Nc1cc(C(=O)Nc2ccc(CCl)cc2)ccc1Cl)C(=O)Nc1cc(Cl)c(NC(=O)C(N=Nc2cc(C(=O)Nc3ccc(CCl)cc3)ccc2Cl)C(C)=O)c(Cl)c1. The topological polar surface area (TPSA) is 200 Å². The molecule has 5 aromatic carbocycles. The van der Waals surface area contributed by atoms with Gasteiger partial charge in [0.15, 0.2) is 11.6 Å². The number of Topliss-reactive ketones (excluding diaryl/α,β-unsaturated/α-hetero) is 2. The number of nitrogens with one attached hydrogen (secondary N) is 4. The number of nitrogens with zero attached hydrogens (tertiary/aromatic N) is 4. The van der Waals surface area contributed by atoms with E-state index in [2.05, 4.69) is 41.7 Å². The summed E-state index contributed by atoms with van der Waals surface area (Å²) >= 11 is 37.2. The van der Waals surface area contributed by atoms with E-state index in [1.807, 2.05) is 0 Å². The van der Waals surface area contributed by atoms with E-state index in [9.17, 15) is 28.8 Å². The molecule has 0 fully saturated rings. The first-order chi connectivity index (χ1) is 29.6. The van der Waals surface area contributed by atoms with Gasteiger partial charge in [-0.2, -0.15) is 20.5 Å². The first kappa shape index (κ1) is 47.3. The van der Waals surface area contributed by atoms with Gasteiger partial charge in [0.05, 0.1) is 25.8 Å². The van der Waals surface area contributed by atoms with Crippen LogP contribution >= 0.6 is 69.6 Å². The summed E-state index contributed by atoms with van der Waals surface area (Å²) in [6, 6.07) is 21.4. The normalized spacial score (nSPS) is 12.1. The molecule has 0 saturated heterocycles. The summed E-state index contributed by atoms with van der Waals surface area (Å²) < 4.78 is 0. The average Bonchev–Trinajstić information content (AvgIpc) is 3.23. The minimum Gasteiger partial charge on any atom is -0.324 e. The van der Waals surface area contributed by atoms with Gasteiger partial charge in [-0.3, -0.25) is 28.8 Å². The first-order valence-electron chi connectivity index (χ1n) is 18.0. The van der Waals surface area contributed by atoms with Gasteiger partial charge in [-0.1, -0.05) is 70.7 Å². The quantitative estimate of drug-likeness (QED) is 0.0431. The predicted octanol–water partition coefficient (Wildman–Crippen LogP) is 11.6. The molecular formula is C42H32Cl6N8O6. The Morgan fingerprint density at radius 2 is 0.871 bits per heavy atom. The number of azo groups is 2. The number of amides is 4. The number of anilines is 4. The minimum atomic E-state index is -1.70. The average molecular weight is 957 g/mol. The number of carbonyl (C=O) groups is 6. The maximum absolute atomic E-state index is 13.3. The van der Waals surface area contributed by atoms with Gasteiger partial charge in [-0.25, -0.2) is 0 Å². The van der Waals surface area contributed by atoms with Gasteiger partial charge in [-0.05, 0) is 97.8 Å². The summed E-state index contributed by atoms with van der Waals surface area (Å²) in [7, 11) is 0. The molecule has 20 heteroatoms. The van der Waals surface area contributed by atoms with E-state index in [1.165, 1.54) is 48.5 Å². The first-order valence-corrected chi connectivity index (χ1v) is 20.6. The fourth-order valence-electron chi connectivity index (χ4n) is 5.27. The summed E-state index contributed by atoms with van der Waals surface area (Å²) in [6.45, 7) is 2.23. The third kappa shape index (κ3) is 12.7. The van der Waals surface area contributed by atoms with Crippen LogP contribution in [0.4, 0.5) is 34.1 Å². The summed E-state index contributed by atoms with van der Waals surface area (Å²) in [4.78, 5) is 77.5. The number of hydrogen-bond acceptors (Lipinski definition) is 10. The molecule has 14 nitrogen and oxygen atoms in total. The van der Waals surface area contributed by atoms with E-state index >= 15 is 0 Å². The number of alkyl halides is 2. The predicted molar refractivity (Wildman–Crippen MR) is 242 cm³/mol. The smallest absolute Gasteiger partial charge is 0.258 e. The maximum atomic E-state index is 13.3. The van der Waals surface area contributed by atoms with Crippen molar-refractivity contribution in [3.8, 4) is 0 Å². The van der Waals surface area contributed by atoms with Crippen LogP contribution in [0.2, 0.25) is 20.1 Å². The fourth-order valence-corrected chi connectivity index (χ4v) is 6.51. The highest BCUT2D eigenvalue weighted by molar-refractivity contribution is 6.40. The third-order valence-corrected chi connectivity index (χ3v) is 10.4. The molecule has 4 N–H and O–H groups in total. The Hall–Kier alpha value is -5.74. The molecule has 0 aliphatic rings. The summed E-state index contributed by atoms with van der Waals surface area (Å²) in [5.74, 6) is -3.61. The number of hydrogen-bond donors (Lipinski definition) is 4. The molecule has 0 aromatic heterocycles. The van der Waals surface area contributed by atoms with Crippen LogP contribution in [0.5, 0.6) is 0 Å². The molecule has 2 atom stereocenters. The van der Waals surface area contributed by atoms with Crippen molar-refractivity contribution < 1.29 is 28.8 Å². The third-order valence-electron chi connectivity index (χ3n) is 8.54. The highest BCUT2D eigenvalue weighted by Gasteiger charge is 2.27. The summed E-state index contributed by atoms with van der Waals surface area (Å²) in [5.41, 5.74) is 3.00. The molecule has 0 aliphatic heterocycles. The van der Waals surface area contributed by atoms with Crippen LogP contribution in [0.3, 0.4) is 0 Å². The second-order valence-corrected chi connectivity index (χ2v) is 15.3. The zero-order valence-corrected chi connectivity index (χ0v) is 36.8. The number of carbonyl (C=O) groups excluding carboxylic acids is 6. The van der Waals surface area contributed by atoms with E-state index < -0.39 is 47.3 Å². The van der Waals surface area contributed by atoms with Crippen LogP contribution in [0.15, 0.2) is 118 Å². The fraction of sp³-hybridized carbons (Fsp3) is 0.143. The maximum Gasteiger partial charge on any atom is 0.258 e. The van der Waals surface area contributed by atoms with Crippen molar-refractivity contribution >= 4 is 139 Å². The van der Waals surface area contributed by atoms with Crippen LogP contribution in [0, 0.1) is 0 Å². The van der Waals surface area contributed by atoms with E-state index in [4.69, 9.17) is 69.6 Å². The van der Waals surface area contributed by atoms with Crippen LogP contribution in [0.25, 0.3) is 0 Å². The van der Waals surface area contributed by atoms with E-state index in [-0.39, 0.29) is 54.0 Å². The van der Waals surface area contributed by atoms with Crippen LogP contribution in [-0.2, 0) is 30.9 Å². The molecule has 0 saturated carbocycles. The molecule has 5 aromatic rings. The van der Waals surface area contributed by atoms with Gasteiger partial charge in [0, 0.05) is 39.9 Å². The van der Waals surface area contributed by atoms with Crippen LogP contribution in [0.1, 0.15) is 45.7 Å². The van der Waals surface area contributed by atoms with Crippen molar-refractivity contribution in [2.45, 2.75) is 37.7 Å². The zero-order valence-electron chi connectivity index (χ0n) is 32.3. The molecule has 0 heterocycles. The second-order valence-electron chi connectivity index (χ2n) is 13.2. The Balaban J connectivity index is 1.25. The minimum absolute atomic E-state index is 0.000254. The van der Waals surface area contributed by atoms with Crippen molar-refractivity contribution in [3.63, 3.8) is 0 Å². The van der Waals surface area contributed by atoms with Crippen LogP contribution in [-0.4, -0.2) is 47.3 Å². The van der Waals surface area contributed by atoms with E-state index in [1.54, 1.807) is 48.5 Å². The molecule has 0 spiro atoms. The lowest BCUT2D eigenvalue weighted by Gasteiger charge is -2.15. The highest BCUT2D eigenvalue weighted by Crippen LogP contribution is 2.35. The molecule has 5 rings (SSSR count). The second kappa shape index (κ2) is 21.9.